The van der Waals surface area contributed by atoms with E-state index < -0.39 is 0 Å². The maximum Gasteiger partial charge on any atom is 0.123 e. The lowest BCUT2D eigenvalue weighted by molar-refractivity contribution is -0.111. The number of rotatable bonds is 4. The first-order chi connectivity index (χ1) is 6.79. The van der Waals surface area contributed by atoms with Crippen LogP contribution in [-0.2, 0) is 11.2 Å². The molecule has 1 aromatic rings. The molecular formula is C12H13ClO. The van der Waals surface area contributed by atoms with E-state index in [4.69, 9.17) is 11.6 Å². The van der Waals surface area contributed by atoms with Crippen LogP contribution in [0.3, 0.4) is 0 Å². The van der Waals surface area contributed by atoms with E-state index >= 15 is 0 Å². The Morgan fingerprint density at radius 2 is 2.29 bits per heavy atom. The van der Waals surface area contributed by atoms with Crippen LogP contribution in [0.15, 0.2) is 24.3 Å². The smallest absolute Gasteiger partial charge is 0.123 e. The van der Waals surface area contributed by atoms with Gasteiger partial charge in [-0.3, -0.25) is 0 Å². The fourth-order valence-corrected chi connectivity index (χ4v) is 2.00. The molecule has 14 heavy (non-hydrogen) atoms. The first-order valence-corrected chi connectivity index (χ1v) is 5.37. The van der Waals surface area contributed by atoms with E-state index in [9.17, 15) is 4.79 Å². The molecule has 0 saturated heterocycles. The Morgan fingerprint density at radius 1 is 1.50 bits per heavy atom. The molecule has 0 spiro atoms. The molecule has 1 nitrogen and oxygen atoms in total. The summed E-state index contributed by atoms with van der Waals surface area (Å²) < 4.78 is 0. The molecule has 0 bridgehead atoms. The van der Waals surface area contributed by atoms with Gasteiger partial charge in [-0.2, -0.15) is 0 Å². The summed E-state index contributed by atoms with van der Waals surface area (Å²) in [5.74, 6) is 0.833. The number of carbonyl (C=O) groups is 1. The number of hydrogen-bond acceptors (Lipinski definition) is 1. The van der Waals surface area contributed by atoms with Gasteiger partial charge in [0.25, 0.3) is 0 Å². The van der Waals surface area contributed by atoms with E-state index in [-0.39, 0.29) is 5.92 Å². The van der Waals surface area contributed by atoms with E-state index in [1.54, 1.807) is 0 Å². The Balaban J connectivity index is 2.04. The van der Waals surface area contributed by atoms with Crippen LogP contribution in [-0.4, -0.2) is 6.29 Å². The molecule has 1 aliphatic carbocycles. The standard InChI is InChI=1S/C12H13ClO/c13-12-3-1-2-9(7-12)6-11(8-14)10-4-5-10/h1-3,7-8,10-11H,4-6H2. The van der Waals surface area contributed by atoms with Crippen LogP contribution >= 0.6 is 11.6 Å². The summed E-state index contributed by atoms with van der Waals surface area (Å²) in [7, 11) is 0. The molecule has 0 radical (unpaired) electrons. The molecule has 2 heteroatoms. The average molecular weight is 209 g/mol. The van der Waals surface area contributed by atoms with Crippen molar-refractivity contribution >= 4 is 17.9 Å². The van der Waals surface area contributed by atoms with Crippen molar-refractivity contribution in [3.63, 3.8) is 0 Å². The van der Waals surface area contributed by atoms with Crippen molar-refractivity contribution in [3.05, 3.63) is 34.9 Å². The Hall–Kier alpha value is -0.820. The van der Waals surface area contributed by atoms with Crippen LogP contribution in [0, 0.1) is 11.8 Å². The van der Waals surface area contributed by atoms with E-state index in [1.165, 1.54) is 18.4 Å². The largest absolute Gasteiger partial charge is 0.303 e. The molecule has 0 N–H and O–H groups in total. The van der Waals surface area contributed by atoms with Gasteiger partial charge < -0.3 is 4.79 Å². The first kappa shape index (κ1) is 9.72. The van der Waals surface area contributed by atoms with Crippen molar-refractivity contribution in [1.82, 2.24) is 0 Å². The van der Waals surface area contributed by atoms with Crippen LogP contribution in [0.5, 0.6) is 0 Å². The molecule has 74 valence electrons. The number of carbonyl (C=O) groups excluding carboxylic acids is 1. The van der Waals surface area contributed by atoms with Crippen LogP contribution in [0.4, 0.5) is 0 Å². The summed E-state index contributed by atoms with van der Waals surface area (Å²) in [6.07, 6.45) is 4.36. The van der Waals surface area contributed by atoms with Crippen molar-refractivity contribution in [3.8, 4) is 0 Å². The zero-order chi connectivity index (χ0) is 9.97. The van der Waals surface area contributed by atoms with Gasteiger partial charge in [-0.1, -0.05) is 23.7 Å². The Labute approximate surface area is 89.1 Å². The molecule has 1 saturated carbocycles. The van der Waals surface area contributed by atoms with E-state index in [1.807, 2.05) is 24.3 Å². The Bertz CT molecular complexity index is 331. The molecule has 1 atom stereocenters. The fraction of sp³-hybridized carbons (Fsp3) is 0.417. The van der Waals surface area contributed by atoms with Gasteiger partial charge in [0.15, 0.2) is 0 Å². The Morgan fingerprint density at radius 3 is 2.86 bits per heavy atom. The zero-order valence-corrected chi connectivity index (χ0v) is 8.70. The molecular weight excluding hydrogens is 196 g/mol. The van der Waals surface area contributed by atoms with E-state index in [0.29, 0.717) is 5.92 Å². The second-order valence-corrected chi connectivity index (χ2v) is 4.41. The van der Waals surface area contributed by atoms with Crippen LogP contribution < -0.4 is 0 Å². The van der Waals surface area contributed by atoms with Crippen LogP contribution in [0.2, 0.25) is 5.02 Å². The van der Waals surface area contributed by atoms with Crippen LogP contribution in [0.25, 0.3) is 0 Å². The van der Waals surface area contributed by atoms with Gasteiger partial charge in [0.05, 0.1) is 0 Å². The minimum atomic E-state index is 0.202. The summed E-state index contributed by atoms with van der Waals surface area (Å²) in [6, 6.07) is 7.77. The summed E-state index contributed by atoms with van der Waals surface area (Å²) in [4.78, 5) is 10.8. The second kappa shape index (κ2) is 4.14. The lowest BCUT2D eigenvalue weighted by Gasteiger charge is -2.08. The fourth-order valence-electron chi connectivity index (χ4n) is 1.79. The van der Waals surface area contributed by atoms with Gasteiger partial charge in [0.2, 0.25) is 0 Å². The predicted molar refractivity (Wildman–Crippen MR) is 57.4 cm³/mol. The minimum absolute atomic E-state index is 0.202. The van der Waals surface area contributed by atoms with Gasteiger partial charge in [-0.25, -0.2) is 0 Å². The Kier molecular flexibility index (Phi) is 2.87. The first-order valence-electron chi connectivity index (χ1n) is 4.99. The maximum absolute atomic E-state index is 10.8. The van der Waals surface area contributed by atoms with Crippen molar-refractivity contribution in [2.24, 2.45) is 11.8 Å². The van der Waals surface area contributed by atoms with E-state index in [0.717, 1.165) is 17.7 Å². The molecule has 2 rings (SSSR count). The van der Waals surface area contributed by atoms with Crippen molar-refractivity contribution in [1.29, 1.82) is 0 Å². The SMILES string of the molecule is O=CC(Cc1cccc(Cl)c1)C1CC1. The molecule has 1 aliphatic rings. The quantitative estimate of drug-likeness (QED) is 0.695. The van der Waals surface area contributed by atoms with Crippen molar-refractivity contribution < 1.29 is 4.79 Å². The highest BCUT2D eigenvalue weighted by atomic mass is 35.5. The molecule has 1 aromatic carbocycles. The molecule has 0 aliphatic heterocycles. The number of benzene rings is 1. The zero-order valence-electron chi connectivity index (χ0n) is 7.95. The van der Waals surface area contributed by atoms with E-state index in [2.05, 4.69) is 0 Å². The van der Waals surface area contributed by atoms with Crippen molar-refractivity contribution in [2.45, 2.75) is 19.3 Å². The summed E-state index contributed by atoms with van der Waals surface area (Å²) >= 11 is 5.88. The number of aldehydes is 1. The maximum atomic E-state index is 10.8. The molecule has 0 aromatic heterocycles. The molecule has 1 unspecified atom stereocenters. The lowest BCUT2D eigenvalue weighted by Crippen LogP contribution is -2.08. The number of halogens is 1. The second-order valence-electron chi connectivity index (χ2n) is 3.97. The van der Waals surface area contributed by atoms with Gasteiger partial charge in [0, 0.05) is 10.9 Å². The molecule has 0 amide bonds. The number of hydrogen-bond donors (Lipinski definition) is 0. The lowest BCUT2D eigenvalue weighted by atomic mass is 9.96. The summed E-state index contributed by atoms with van der Waals surface area (Å²) in [5.41, 5.74) is 1.17. The van der Waals surface area contributed by atoms with Gasteiger partial charge in [-0.05, 0) is 42.9 Å². The normalized spacial score (nSPS) is 17.8. The average Bonchev–Trinajstić information content (AvgIpc) is 2.97. The highest BCUT2D eigenvalue weighted by Crippen LogP contribution is 2.37. The highest BCUT2D eigenvalue weighted by Gasteiger charge is 2.30. The third-order valence-electron chi connectivity index (χ3n) is 2.76. The summed E-state index contributed by atoms with van der Waals surface area (Å²) in [5, 5.41) is 0.753. The summed E-state index contributed by atoms with van der Waals surface area (Å²) in [6.45, 7) is 0. The molecule has 1 fully saturated rings. The third kappa shape index (κ3) is 2.36. The topological polar surface area (TPSA) is 17.1 Å². The van der Waals surface area contributed by atoms with Gasteiger partial charge in [-0.15, -0.1) is 0 Å². The third-order valence-corrected chi connectivity index (χ3v) is 3.00. The van der Waals surface area contributed by atoms with Gasteiger partial charge in [0.1, 0.15) is 6.29 Å². The van der Waals surface area contributed by atoms with Gasteiger partial charge >= 0.3 is 0 Å². The predicted octanol–water partition coefficient (Wildman–Crippen LogP) is 3.11. The monoisotopic (exact) mass is 208 g/mol. The van der Waals surface area contributed by atoms with Crippen LogP contribution in [0.1, 0.15) is 18.4 Å². The van der Waals surface area contributed by atoms with Crippen molar-refractivity contribution in [2.75, 3.05) is 0 Å². The molecule has 0 heterocycles. The minimum Gasteiger partial charge on any atom is -0.303 e. The highest BCUT2D eigenvalue weighted by molar-refractivity contribution is 6.30.